The number of unbranched alkanes of at least 4 members (excludes halogenated alkanes) is 1. The third-order valence-corrected chi connectivity index (χ3v) is 4.30. The minimum absolute atomic E-state index is 0.333. The van der Waals surface area contributed by atoms with Gasteiger partial charge in [-0.2, -0.15) is 0 Å². The molecule has 0 bridgehead atoms. The van der Waals surface area contributed by atoms with E-state index in [0.717, 1.165) is 30.6 Å². The van der Waals surface area contributed by atoms with Gasteiger partial charge in [0, 0.05) is 20.1 Å². The van der Waals surface area contributed by atoms with Gasteiger partial charge in [-0.25, -0.2) is 0 Å². The first-order valence-corrected chi connectivity index (χ1v) is 11.1. The van der Waals surface area contributed by atoms with E-state index in [1.165, 1.54) is 45.4 Å². The molecule has 4 heteroatoms. The standard InChI is InChI=1S/C12H10O.C8H18.C4H8O.C2H5NO/c1-3-7-11(8-4-1)13-12-9-5-2-6-10-12;1-4-6-7-8(3)5-2;1-2-4-5-3-1;1-2(3)4/h1-10H;8H,4-7H2,1-3H3;1-4H2;1H3,(H2,3,4). The molecule has 1 atom stereocenters. The van der Waals surface area contributed by atoms with Crippen LogP contribution in [0.15, 0.2) is 60.7 Å². The lowest BCUT2D eigenvalue weighted by molar-refractivity contribution is -0.115. The summed E-state index contributed by atoms with van der Waals surface area (Å²) in [4.78, 5) is 9.22. The SMILES string of the molecule is C1CCOC1.CC(N)=O.CCCCC(C)CC.c1ccc(Oc2ccccc2)cc1. The van der Waals surface area contributed by atoms with Gasteiger partial charge in [0.1, 0.15) is 11.5 Å². The Bertz CT molecular complexity index is 564. The van der Waals surface area contributed by atoms with Gasteiger partial charge in [0.15, 0.2) is 0 Å². The van der Waals surface area contributed by atoms with Gasteiger partial charge in [0.2, 0.25) is 5.91 Å². The Hall–Kier alpha value is -2.33. The second-order valence-corrected chi connectivity index (χ2v) is 7.31. The first-order valence-electron chi connectivity index (χ1n) is 11.1. The maximum Gasteiger partial charge on any atom is 0.214 e. The highest BCUT2D eigenvalue weighted by Crippen LogP contribution is 2.19. The molecule has 30 heavy (non-hydrogen) atoms. The zero-order valence-electron chi connectivity index (χ0n) is 19.3. The minimum atomic E-state index is -0.333. The number of amides is 1. The van der Waals surface area contributed by atoms with Crippen molar-refractivity contribution in [2.24, 2.45) is 11.7 Å². The Balaban J connectivity index is 0.000000423. The molecule has 2 aromatic carbocycles. The highest BCUT2D eigenvalue weighted by molar-refractivity contribution is 5.70. The van der Waals surface area contributed by atoms with Crippen molar-refractivity contribution >= 4 is 5.91 Å². The molecule has 1 unspecified atom stereocenters. The maximum absolute atomic E-state index is 9.22. The van der Waals surface area contributed by atoms with E-state index in [1.54, 1.807) is 0 Å². The third kappa shape index (κ3) is 19.0. The number of para-hydroxylation sites is 2. The smallest absolute Gasteiger partial charge is 0.214 e. The van der Waals surface area contributed by atoms with Gasteiger partial charge in [-0.1, -0.05) is 82.9 Å². The quantitative estimate of drug-likeness (QED) is 0.553. The number of hydrogen-bond acceptors (Lipinski definition) is 3. The predicted molar refractivity (Wildman–Crippen MR) is 127 cm³/mol. The number of rotatable bonds is 6. The topological polar surface area (TPSA) is 61.5 Å². The van der Waals surface area contributed by atoms with Crippen molar-refractivity contribution in [3.63, 3.8) is 0 Å². The third-order valence-electron chi connectivity index (χ3n) is 4.30. The van der Waals surface area contributed by atoms with E-state index in [2.05, 4.69) is 26.5 Å². The molecule has 1 aliphatic heterocycles. The molecule has 1 fully saturated rings. The average Bonchev–Trinajstić information content (AvgIpc) is 3.34. The van der Waals surface area contributed by atoms with Gasteiger partial charge in [-0.05, 0) is 43.0 Å². The van der Waals surface area contributed by atoms with Crippen LogP contribution in [0.1, 0.15) is 66.2 Å². The van der Waals surface area contributed by atoms with Crippen molar-refractivity contribution in [3.8, 4) is 11.5 Å². The molecule has 1 saturated heterocycles. The first-order chi connectivity index (χ1) is 14.5. The Morgan fingerprint density at radius 3 is 1.70 bits per heavy atom. The molecule has 2 N–H and O–H groups in total. The average molecular weight is 416 g/mol. The fraction of sp³-hybridized carbons (Fsp3) is 0.500. The van der Waals surface area contributed by atoms with Crippen LogP contribution in [-0.4, -0.2) is 19.1 Å². The van der Waals surface area contributed by atoms with E-state index in [1.807, 2.05) is 60.7 Å². The summed E-state index contributed by atoms with van der Waals surface area (Å²) >= 11 is 0. The van der Waals surface area contributed by atoms with Crippen molar-refractivity contribution in [1.82, 2.24) is 0 Å². The van der Waals surface area contributed by atoms with E-state index in [-0.39, 0.29) is 5.91 Å². The predicted octanol–water partition coefficient (Wildman–Crippen LogP) is 6.99. The zero-order chi connectivity index (χ0) is 22.5. The largest absolute Gasteiger partial charge is 0.457 e. The Kier molecular flexibility index (Phi) is 18.4. The van der Waals surface area contributed by atoms with E-state index in [4.69, 9.17) is 9.47 Å². The molecule has 0 saturated carbocycles. The number of nitrogens with two attached hydrogens (primary N) is 1. The number of carbonyl (C=O) groups excluding carboxylic acids is 1. The van der Waals surface area contributed by atoms with Crippen molar-refractivity contribution in [2.75, 3.05) is 13.2 Å². The van der Waals surface area contributed by atoms with Gasteiger partial charge in [0.25, 0.3) is 0 Å². The second kappa shape index (κ2) is 20.0. The van der Waals surface area contributed by atoms with Crippen LogP contribution in [0.5, 0.6) is 11.5 Å². The Morgan fingerprint density at radius 1 is 0.967 bits per heavy atom. The maximum atomic E-state index is 9.22. The van der Waals surface area contributed by atoms with E-state index < -0.39 is 0 Å². The van der Waals surface area contributed by atoms with Gasteiger partial charge >= 0.3 is 0 Å². The molecular weight excluding hydrogens is 374 g/mol. The summed E-state index contributed by atoms with van der Waals surface area (Å²) in [5.74, 6) is 2.36. The number of primary amides is 1. The molecule has 0 aliphatic carbocycles. The summed E-state index contributed by atoms with van der Waals surface area (Å²) in [6, 6.07) is 19.5. The van der Waals surface area contributed by atoms with Gasteiger partial charge in [0.05, 0.1) is 0 Å². The van der Waals surface area contributed by atoms with Crippen LogP contribution < -0.4 is 10.5 Å². The summed E-state index contributed by atoms with van der Waals surface area (Å²) in [6.45, 7) is 10.2. The highest BCUT2D eigenvalue weighted by atomic mass is 16.5. The van der Waals surface area contributed by atoms with E-state index >= 15 is 0 Å². The molecule has 1 amide bonds. The van der Waals surface area contributed by atoms with Gasteiger partial charge in [-0.15, -0.1) is 0 Å². The molecule has 4 nitrogen and oxygen atoms in total. The first kappa shape index (κ1) is 27.7. The fourth-order valence-electron chi connectivity index (χ4n) is 2.38. The van der Waals surface area contributed by atoms with Gasteiger partial charge < -0.3 is 15.2 Å². The van der Waals surface area contributed by atoms with Crippen LogP contribution >= 0.6 is 0 Å². The summed E-state index contributed by atoms with van der Waals surface area (Å²) in [6.07, 6.45) is 8.09. The Morgan fingerprint density at radius 2 is 1.40 bits per heavy atom. The van der Waals surface area contributed by atoms with Crippen LogP contribution in [-0.2, 0) is 9.53 Å². The monoisotopic (exact) mass is 415 g/mol. The molecular formula is C26H41NO3. The number of carbonyl (C=O) groups is 1. The van der Waals surface area contributed by atoms with Crippen molar-refractivity contribution in [3.05, 3.63) is 60.7 Å². The van der Waals surface area contributed by atoms with Crippen molar-refractivity contribution in [1.29, 1.82) is 0 Å². The summed E-state index contributed by atoms with van der Waals surface area (Å²) in [7, 11) is 0. The molecule has 1 heterocycles. The number of benzene rings is 2. The molecule has 3 rings (SSSR count). The summed E-state index contributed by atoms with van der Waals surface area (Å²) in [5, 5.41) is 0. The summed E-state index contributed by atoms with van der Waals surface area (Å²) in [5.41, 5.74) is 4.47. The van der Waals surface area contributed by atoms with Gasteiger partial charge in [-0.3, -0.25) is 4.79 Å². The molecule has 1 aliphatic rings. The van der Waals surface area contributed by atoms with Crippen molar-refractivity contribution in [2.45, 2.75) is 66.2 Å². The van der Waals surface area contributed by atoms with Crippen LogP contribution in [0.3, 0.4) is 0 Å². The molecule has 0 radical (unpaired) electrons. The normalized spacial score (nSPS) is 12.7. The highest BCUT2D eigenvalue weighted by Gasteiger charge is 1.95. The lowest BCUT2D eigenvalue weighted by Gasteiger charge is -2.04. The molecule has 2 aromatic rings. The second-order valence-electron chi connectivity index (χ2n) is 7.31. The molecule has 168 valence electrons. The summed E-state index contributed by atoms with van der Waals surface area (Å²) < 4.78 is 10.5. The number of hydrogen-bond donors (Lipinski definition) is 1. The van der Waals surface area contributed by atoms with Crippen molar-refractivity contribution < 1.29 is 14.3 Å². The minimum Gasteiger partial charge on any atom is -0.457 e. The Labute approximate surface area is 183 Å². The number of ether oxygens (including phenoxy) is 2. The van der Waals surface area contributed by atoms with Crippen LogP contribution in [0, 0.1) is 5.92 Å². The fourth-order valence-corrected chi connectivity index (χ4v) is 2.38. The lowest BCUT2D eigenvalue weighted by atomic mass is 10.0. The van der Waals surface area contributed by atoms with Crippen LogP contribution in [0.25, 0.3) is 0 Å². The van der Waals surface area contributed by atoms with Crippen LogP contribution in [0.4, 0.5) is 0 Å². The van der Waals surface area contributed by atoms with Crippen LogP contribution in [0.2, 0.25) is 0 Å². The van der Waals surface area contributed by atoms with E-state index in [0.29, 0.717) is 0 Å². The lowest BCUT2D eigenvalue weighted by Crippen LogP contribution is -2.01. The molecule has 0 aromatic heterocycles. The van der Waals surface area contributed by atoms with E-state index in [9.17, 15) is 4.79 Å². The molecule has 0 spiro atoms. The zero-order valence-corrected chi connectivity index (χ0v) is 19.3.